The fraction of sp³-hybridized carbons (Fsp3) is 0.605. The van der Waals surface area contributed by atoms with Crippen molar-refractivity contribution in [1.29, 1.82) is 0 Å². The van der Waals surface area contributed by atoms with Gasteiger partial charge in [0.15, 0.2) is 6.23 Å². The van der Waals surface area contributed by atoms with Crippen LogP contribution in [0.1, 0.15) is 90.2 Å². The fourth-order valence-electron chi connectivity index (χ4n) is 6.86. The molecule has 1 fully saturated rings. The van der Waals surface area contributed by atoms with Crippen LogP contribution in [0.2, 0.25) is 5.02 Å². The smallest absolute Gasteiger partial charge is 0.411 e. The molecule has 2 amide bonds. The van der Waals surface area contributed by atoms with Crippen LogP contribution in [0.5, 0.6) is 0 Å². The molecule has 0 aliphatic carbocycles. The summed E-state index contributed by atoms with van der Waals surface area (Å²) in [6, 6.07) is 12.5. The maximum absolute atomic E-state index is 13.6. The monoisotopic (exact) mass is 695 g/mol. The lowest BCUT2D eigenvalue weighted by Gasteiger charge is -2.35. The maximum atomic E-state index is 13.6. The number of piperazine rings is 1. The predicted molar refractivity (Wildman–Crippen MR) is 200 cm³/mol. The summed E-state index contributed by atoms with van der Waals surface area (Å²) >= 11 is 8.47. The minimum absolute atomic E-state index is 0.0483. The zero-order valence-electron chi connectivity index (χ0n) is 29.4. The first-order chi connectivity index (χ1) is 23.3. The Labute approximate surface area is 296 Å². The number of hydrogen-bond donors (Lipinski definition) is 0. The summed E-state index contributed by atoms with van der Waals surface area (Å²) in [4.78, 5) is 35.5. The summed E-state index contributed by atoms with van der Waals surface area (Å²) < 4.78 is 12.2. The number of anilines is 2. The van der Waals surface area contributed by atoms with Crippen molar-refractivity contribution < 1.29 is 14.3 Å². The van der Waals surface area contributed by atoms with Crippen molar-refractivity contribution in [3.05, 3.63) is 52.5 Å². The van der Waals surface area contributed by atoms with Crippen LogP contribution in [0.4, 0.5) is 16.3 Å². The number of carbonyl (C=O) groups excluding carboxylic acids is 2. The number of unbranched alkanes of at least 4 members (excludes halogenated alkanes) is 6. The molecule has 10 heteroatoms. The van der Waals surface area contributed by atoms with E-state index in [0.717, 1.165) is 113 Å². The molecule has 3 heterocycles. The van der Waals surface area contributed by atoms with Crippen LogP contribution < -0.4 is 9.80 Å². The van der Waals surface area contributed by atoms with Gasteiger partial charge in [0, 0.05) is 62.1 Å². The molecule has 1 atom stereocenters. The number of halogens is 1. The molecule has 2 aliphatic heterocycles. The number of nitrogens with zero attached hydrogens (tertiary/aromatic N) is 5. The normalized spacial score (nSPS) is 15.8. The maximum Gasteiger partial charge on any atom is 0.411 e. The van der Waals surface area contributed by atoms with E-state index >= 15 is 0 Å². The third-order valence-corrected chi connectivity index (χ3v) is 10.9. The van der Waals surface area contributed by atoms with Crippen molar-refractivity contribution in [3.8, 4) is 0 Å². The van der Waals surface area contributed by atoms with Crippen molar-refractivity contribution in [2.75, 3.05) is 55.6 Å². The van der Waals surface area contributed by atoms with Gasteiger partial charge in [0.1, 0.15) is 5.82 Å². The summed E-state index contributed by atoms with van der Waals surface area (Å²) in [5, 5.41) is 1.89. The Balaban J connectivity index is 1.20. The Morgan fingerprint density at radius 3 is 2.33 bits per heavy atom. The van der Waals surface area contributed by atoms with E-state index < -0.39 is 6.23 Å². The molecular weight excluding hydrogens is 642 g/mol. The molecular formula is C38H54ClN5O3S. The number of benzene rings is 2. The summed E-state index contributed by atoms with van der Waals surface area (Å²) in [5.74, 6) is 0.973. The highest BCUT2D eigenvalue weighted by Crippen LogP contribution is 2.37. The van der Waals surface area contributed by atoms with Crippen molar-refractivity contribution in [1.82, 2.24) is 14.2 Å². The van der Waals surface area contributed by atoms with Crippen LogP contribution in [-0.2, 0) is 22.4 Å². The van der Waals surface area contributed by atoms with E-state index in [9.17, 15) is 9.59 Å². The number of rotatable bonds is 17. The van der Waals surface area contributed by atoms with Crippen molar-refractivity contribution in [2.45, 2.75) is 98.1 Å². The lowest BCUT2D eigenvalue weighted by molar-refractivity contribution is -0.119. The van der Waals surface area contributed by atoms with Gasteiger partial charge >= 0.3 is 6.09 Å². The number of carbonyl (C=O) groups is 2. The van der Waals surface area contributed by atoms with Crippen molar-refractivity contribution in [3.63, 3.8) is 0 Å². The zero-order valence-corrected chi connectivity index (χ0v) is 31.0. The lowest BCUT2D eigenvalue weighted by Crippen LogP contribution is -2.47. The van der Waals surface area contributed by atoms with E-state index in [2.05, 4.69) is 54.0 Å². The molecule has 0 saturated carbocycles. The Hall–Kier alpha value is -2.88. The first-order valence-corrected chi connectivity index (χ1v) is 19.4. The molecule has 262 valence electrons. The standard InChI is InChI=1S/C38H54ClN5O3S/c1-5-7-9-13-18-43(19-14-10-8-6-2)38(46)47-37(28(3)4)44-33-27-32(39)29(25-30(33)26-35(44)45)17-20-41-21-23-42(24-22-41)36-31-15-11-12-16-34(31)48-40-36/h11-12,15-16,25,27-28,37H,5-10,13-14,17-24,26H2,1-4H3. The number of ether oxygens (including phenoxy) is 1. The quantitative estimate of drug-likeness (QED) is 0.132. The van der Waals surface area contributed by atoms with Gasteiger partial charge in [-0.25, -0.2) is 4.79 Å². The predicted octanol–water partition coefficient (Wildman–Crippen LogP) is 8.78. The summed E-state index contributed by atoms with van der Waals surface area (Å²) in [6.07, 6.45) is 8.85. The van der Waals surface area contributed by atoms with Crippen LogP contribution in [0.3, 0.4) is 0 Å². The molecule has 2 aliphatic rings. The molecule has 2 aromatic carbocycles. The SMILES string of the molecule is CCCCCCN(CCCCCC)C(=O)OC(C(C)C)N1C(=O)Cc2cc(CCN3CCN(c4nsc5ccccc45)CC3)c(Cl)cc21. The zero-order chi connectivity index (χ0) is 34.0. The highest BCUT2D eigenvalue weighted by Gasteiger charge is 2.38. The lowest BCUT2D eigenvalue weighted by atomic mass is 10.0. The molecule has 1 saturated heterocycles. The average Bonchev–Trinajstić information content (AvgIpc) is 3.65. The number of fused-ring (bicyclic) bond motifs is 2. The summed E-state index contributed by atoms with van der Waals surface area (Å²) in [6.45, 7) is 14.5. The van der Waals surface area contributed by atoms with Crippen LogP contribution in [-0.4, -0.2) is 78.2 Å². The van der Waals surface area contributed by atoms with Gasteiger partial charge < -0.3 is 14.5 Å². The second kappa shape index (κ2) is 17.7. The summed E-state index contributed by atoms with van der Waals surface area (Å²) in [7, 11) is 0. The second-order valence-corrected chi connectivity index (χ2v) is 14.9. The van der Waals surface area contributed by atoms with Gasteiger partial charge in [-0.1, -0.05) is 96.0 Å². The molecule has 0 N–H and O–H groups in total. The van der Waals surface area contributed by atoms with Gasteiger partial charge in [-0.2, -0.15) is 4.37 Å². The van der Waals surface area contributed by atoms with E-state index in [1.165, 1.54) is 10.1 Å². The third-order valence-electron chi connectivity index (χ3n) is 9.71. The van der Waals surface area contributed by atoms with E-state index in [0.29, 0.717) is 18.1 Å². The largest absolute Gasteiger partial charge is 0.425 e. The molecule has 1 unspecified atom stereocenters. The molecule has 5 rings (SSSR count). The van der Waals surface area contributed by atoms with Gasteiger partial charge in [-0.15, -0.1) is 0 Å². The van der Waals surface area contributed by atoms with E-state index in [4.69, 9.17) is 20.7 Å². The molecule has 48 heavy (non-hydrogen) atoms. The Morgan fingerprint density at radius 1 is 0.979 bits per heavy atom. The van der Waals surface area contributed by atoms with E-state index in [1.54, 1.807) is 16.4 Å². The third kappa shape index (κ3) is 9.01. The number of amides is 2. The Kier molecular flexibility index (Phi) is 13.4. The first kappa shape index (κ1) is 36.4. The van der Waals surface area contributed by atoms with E-state index in [-0.39, 0.29) is 24.3 Å². The second-order valence-electron chi connectivity index (χ2n) is 13.7. The molecule has 3 aromatic rings. The van der Waals surface area contributed by atoms with Gasteiger partial charge in [0.2, 0.25) is 5.91 Å². The molecule has 8 nitrogen and oxygen atoms in total. The van der Waals surface area contributed by atoms with Gasteiger partial charge in [0.05, 0.1) is 16.8 Å². The topological polar surface area (TPSA) is 69.2 Å². The van der Waals surface area contributed by atoms with Gasteiger partial charge in [-0.3, -0.25) is 14.6 Å². The molecule has 1 aromatic heterocycles. The number of aromatic nitrogens is 1. The molecule has 0 spiro atoms. The van der Waals surface area contributed by atoms with Crippen LogP contribution >= 0.6 is 23.1 Å². The molecule has 0 radical (unpaired) electrons. The fourth-order valence-corrected chi connectivity index (χ4v) is 7.91. The first-order valence-electron chi connectivity index (χ1n) is 18.2. The van der Waals surface area contributed by atoms with Crippen LogP contribution in [0.25, 0.3) is 10.1 Å². The Bertz CT molecular complexity index is 1490. The summed E-state index contributed by atoms with van der Waals surface area (Å²) in [5.41, 5.74) is 2.78. The highest BCUT2D eigenvalue weighted by atomic mass is 35.5. The Morgan fingerprint density at radius 2 is 1.67 bits per heavy atom. The van der Waals surface area contributed by atoms with Crippen molar-refractivity contribution >= 4 is 56.7 Å². The average molecular weight is 696 g/mol. The van der Waals surface area contributed by atoms with Crippen LogP contribution in [0, 0.1) is 5.92 Å². The minimum atomic E-state index is -0.687. The van der Waals surface area contributed by atoms with E-state index in [1.807, 2.05) is 24.8 Å². The van der Waals surface area contributed by atoms with Crippen LogP contribution in [0.15, 0.2) is 36.4 Å². The van der Waals surface area contributed by atoms with Gasteiger partial charge in [-0.05, 0) is 60.1 Å². The molecule has 0 bridgehead atoms. The number of hydrogen-bond acceptors (Lipinski definition) is 7. The van der Waals surface area contributed by atoms with Gasteiger partial charge in [0.25, 0.3) is 0 Å². The van der Waals surface area contributed by atoms with Crippen molar-refractivity contribution in [2.24, 2.45) is 5.92 Å². The highest BCUT2D eigenvalue weighted by molar-refractivity contribution is 7.13. The minimum Gasteiger partial charge on any atom is -0.425 e.